The lowest BCUT2D eigenvalue weighted by atomic mass is 10.2. The molecular weight excluding hydrogens is 163 g/mol. The van der Waals surface area contributed by atoms with E-state index in [2.05, 4.69) is 18.8 Å². The summed E-state index contributed by atoms with van der Waals surface area (Å²) in [4.78, 5) is 0. The third-order valence-electron chi connectivity index (χ3n) is 1.46. The average molecular weight is 173 g/mol. The van der Waals surface area contributed by atoms with Gasteiger partial charge in [0.2, 0.25) is 0 Å². The summed E-state index contributed by atoms with van der Waals surface area (Å²) < 4.78 is 0. The van der Waals surface area contributed by atoms with E-state index in [0.717, 1.165) is 19.2 Å². The molecule has 54 valence electrons. The molecule has 1 aromatic carbocycles. The van der Waals surface area contributed by atoms with Crippen molar-refractivity contribution in [1.82, 2.24) is 0 Å². The summed E-state index contributed by atoms with van der Waals surface area (Å²) in [5.74, 6) is 0. The molecule has 0 saturated carbocycles. The Morgan fingerprint density at radius 3 is 2.60 bits per heavy atom. The normalized spacial score (nSPS) is 11.1. The molecule has 0 fully saturated rings. The van der Waals surface area contributed by atoms with Crippen LogP contribution in [0.25, 0.3) is 0 Å². The first kappa shape index (κ1) is 8.04. The third-order valence-corrected chi connectivity index (χ3v) is 2.76. The number of rotatable bonds is 1. The monoisotopic (exact) mass is 172 g/mol. The molecule has 2 heteroatoms. The zero-order valence-electron chi connectivity index (χ0n) is 6.11. The van der Waals surface area contributed by atoms with Crippen molar-refractivity contribution in [2.45, 2.75) is 6.92 Å². The number of hydrogen-bond donors (Lipinski definition) is 0. The lowest BCUT2D eigenvalue weighted by Gasteiger charge is -1.99. The van der Waals surface area contributed by atoms with Crippen LogP contribution >= 0.6 is 20.2 Å². The maximum atomic E-state index is 5.90. The van der Waals surface area contributed by atoms with Crippen LogP contribution in [0.1, 0.15) is 5.56 Å². The first-order valence-electron chi connectivity index (χ1n) is 3.18. The minimum absolute atomic E-state index is 0.838. The summed E-state index contributed by atoms with van der Waals surface area (Å²) in [6.45, 7) is 4.17. The van der Waals surface area contributed by atoms with Gasteiger partial charge < -0.3 is 0 Å². The van der Waals surface area contributed by atoms with Crippen molar-refractivity contribution < 1.29 is 0 Å². The molecule has 0 heterocycles. The maximum Gasteiger partial charge on any atom is 0.0441 e. The van der Waals surface area contributed by atoms with E-state index in [9.17, 15) is 0 Å². The Balaban J connectivity index is 3.04. The smallest absolute Gasteiger partial charge is 0.0441 e. The summed E-state index contributed by atoms with van der Waals surface area (Å²) >= 11 is 5.90. The SMILES string of the molecule is CPc1ccc(C)c(Cl)c1. The molecule has 0 aromatic heterocycles. The van der Waals surface area contributed by atoms with Crippen molar-refractivity contribution in [3.05, 3.63) is 28.8 Å². The second-order valence-electron chi connectivity index (χ2n) is 2.21. The summed E-state index contributed by atoms with van der Waals surface area (Å²) in [5, 5.41) is 2.21. The van der Waals surface area contributed by atoms with Gasteiger partial charge in [0.25, 0.3) is 0 Å². The zero-order valence-corrected chi connectivity index (χ0v) is 7.87. The van der Waals surface area contributed by atoms with Gasteiger partial charge in [-0.1, -0.05) is 32.3 Å². The fraction of sp³-hybridized carbons (Fsp3) is 0.250. The van der Waals surface area contributed by atoms with Crippen LogP contribution in [0.3, 0.4) is 0 Å². The Morgan fingerprint density at radius 2 is 2.10 bits per heavy atom. The topological polar surface area (TPSA) is 0 Å². The first-order valence-corrected chi connectivity index (χ1v) is 5.05. The minimum atomic E-state index is 0.838. The molecule has 0 amide bonds. The van der Waals surface area contributed by atoms with E-state index in [4.69, 9.17) is 11.6 Å². The number of aryl methyl sites for hydroxylation is 1. The number of halogens is 1. The highest BCUT2D eigenvalue weighted by Crippen LogP contribution is 2.15. The molecule has 1 rings (SSSR count). The molecule has 0 N–H and O–H groups in total. The summed E-state index contributed by atoms with van der Waals surface area (Å²) in [5.41, 5.74) is 1.16. The molecule has 0 aliphatic heterocycles. The van der Waals surface area contributed by atoms with Gasteiger partial charge in [-0.05, 0) is 30.5 Å². The predicted molar refractivity (Wildman–Crippen MR) is 50.1 cm³/mol. The summed E-state index contributed by atoms with van der Waals surface area (Å²) in [6.07, 6.45) is 0. The van der Waals surface area contributed by atoms with Crippen molar-refractivity contribution in [3.8, 4) is 0 Å². The number of benzene rings is 1. The van der Waals surface area contributed by atoms with Gasteiger partial charge in [0.05, 0.1) is 0 Å². The van der Waals surface area contributed by atoms with E-state index in [1.165, 1.54) is 5.30 Å². The average Bonchev–Trinajstić information content (AvgIpc) is 1.95. The van der Waals surface area contributed by atoms with Crippen LogP contribution in [0.2, 0.25) is 5.02 Å². The van der Waals surface area contributed by atoms with Crippen LogP contribution in [-0.4, -0.2) is 6.66 Å². The minimum Gasteiger partial charge on any atom is -0.0935 e. The quantitative estimate of drug-likeness (QED) is 0.572. The van der Waals surface area contributed by atoms with Crippen LogP contribution < -0.4 is 5.30 Å². The predicted octanol–water partition coefficient (Wildman–Crippen LogP) is 2.58. The Morgan fingerprint density at radius 1 is 1.40 bits per heavy atom. The lowest BCUT2D eigenvalue weighted by Crippen LogP contribution is -1.92. The molecule has 0 saturated heterocycles. The van der Waals surface area contributed by atoms with Crippen LogP contribution in [-0.2, 0) is 0 Å². The van der Waals surface area contributed by atoms with Crippen molar-refractivity contribution in [1.29, 1.82) is 0 Å². The van der Waals surface area contributed by atoms with E-state index < -0.39 is 0 Å². The van der Waals surface area contributed by atoms with E-state index in [0.29, 0.717) is 0 Å². The molecule has 0 radical (unpaired) electrons. The second-order valence-corrected chi connectivity index (χ2v) is 3.70. The molecule has 0 nitrogen and oxygen atoms in total. The van der Waals surface area contributed by atoms with Gasteiger partial charge in [-0.15, -0.1) is 0 Å². The second kappa shape index (κ2) is 3.37. The van der Waals surface area contributed by atoms with Crippen LogP contribution in [0.15, 0.2) is 18.2 Å². The molecule has 1 atom stereocenters. The van der Waals surface area contributed by atoms with Gasteiger partial charge in [-0.25, -0.2) is 0 Å². The van der Waals surface area contributed by atoms with Gasteiger partial charge in [0, 0.05) is 5.02 Å². The van der Waals surface area contributed by atoms with Crippen LogP contribution in [0.4, 0.5) is 0 Å². The van der Waals surface area contributed by atoms with Gasteiger partial charge in [-0.2, -0.15) is 0 Å². The molecule has 0 bridgehead atoms. The van der Waals surface area contributed by atoms with Gasteiger partial charge >= 0.3 is 0 Å². The van der Waals surface area contributed by atoms with Gasteiger partial charge in [-0.3, -0.25) is 0 Å². The molecule has 0 spiro atoms. The maximum absolute atomic E-state index is 5.90. The fourth-order valence-electron chi connectivity index (χ4n) is 0.748. The fourth-order valence-corrected chi connectivity index (χ4v) is 1.56. The molecular formula is C8H10ClP. The summed E-state index contributed by atoms with van der Waals surface area (Å²) in [7, 11) is 0.838. The van der Waals surface area contributed by atoms with Crippen molar-refractivity contribution >= 4 is 25.5 Å². The van der Waals surface area contributed by atoms with Crippen molar-refractivity contribution in [2.75, 3.05) is 6.66 Å². The molecule has 10 heavy (non-hydrogen) atoms. The van der Waals surface area contributed by atoms with Crippen molar-refractivity contribution in [2.24, 2.45) is 0 Å². The van der Waals surface area contributed by atoms with E-state index in [-0.39, 0.29) is 0 Å². The Bertz CT molecular complexity index is 233. The highest BCUT2D eigenvalue weighted by molar-refractivity contribution is 7.46. The van der Waals surface area contributed by atoms with E-state index in [1.807, 2.05) is 13.0 Å². The first-order chi connectivity index (χ1) is 4.74. The molecule has 0 aliphatic carbocycles. The third kappa shape index (κ3) is 1.71. The van der Waals surface area contributed by atoms with Crippen molar-refractivity contribution in [3.63, 3.8) is 0 Å². The standard InChI is InChI=1S/C8H10ClP/c1-6-3-4-7(10-2)5-8(6)9/h3-5,10H,1-2H3. The van der Waals surface area contributed by atoms with Gasteiger partial charge in [0.15, 0.2) is 0 Å². The van der Waals surface area contributed by atoms with Crippen LogP contribution in [0.5, 0.6) is 0 Å². The highest BCUT2D eigenvalue weighted by atomic mass is 35.5. The molecule has 1 unspecified atom stereocenters. The Kier molecular flexibility index (Phi) is 2.71. The summed E-state index contributed by atoms with van der Waals surface area (Å²) in [6, 6.07) is 6.23. The highest BCUT2D eigenvalue weighted by Gasteiger charge is 1.94. The Hall–Kier alpha value is -0.0600. The molecule has 1 aromatic rings. The number of hydrogen-bond acceptors (Lipinski definition) is 0. The largest absolute Gasteiger partial charge is 0.0935 e. The van der Waals surface area contributed by atoms with Gasteiger partial charge in [0.1, 0.15) is 0 Å². The zero-order chi connectivity index (χ0) is 7.56. The van der Waals surface area contributed by atoms with E-state index >= 15 is 0 Å². The van der Waals surface area contributed by atoms with Crippen LogP contribution in [0, 0.1) is 6.92 Å². The Labute approximate surface area is 68.4 Å². The molecule has 0 aliphatic rings. The lowest BCUT2D eigenvalue weighted by molar-refractivity contribution is 1.49. The van der Waals surface area contributed by atoms with E-state index in [1.54, 1.807) is 0 Å².